The third kappa shape index (κ3) is 3.40. The first-order valence-electron chi connectivity index (χ1n) is 11.7. The lowest BCUT2D eigenvalue weighted by atomic mass is 9.99. The second kappa shape index (κ2) is 8.09. The van der Waals surface area contributed by atoms with Crippen LogP contribution in [0.15, 0.2) is 73.2 Å². The van der Waals surface area contributed by atoms with Crippen LogP contribution in [0.2, 0.25) is 0 Å². The summed E-state index contributed by atoms with van der Waals surface area (Å²) >= 11 is 0. The molecular weight excluding hydrogens is 478 g/mol. The Bertz CT molecular complexity index is 1830. The Labute approximate surface area is 208 Å². The normalized spacial score (nSPS) is 15.1. The topological polar surface area (TPSA) is 90.9 Å². The quantitative estimate of drug-likeness (QED) is 0.363. The highest BCUT2D eigenvalue weighted by Gasteiger charge is 2.30. The molecule has 182 valence electrons. The van der Waals surface area contributed by atoms with Crippen molar-refractivity contribution in [3.05, 3.63) is 90.4 Å². The summed E-state index contributed by atoms with van der Waals surface area (Å²) in [7, 11) is 0. The Morgan fingerprint density at radius 3 is 2.73 bits per heavy atom. The number of halogens is 2. The largest absolute Gasteiger partial charge is 0.508 e. The van der Waals surface area contributed by atoms with Crippen LogP contribution in [0.3, 0.4) is 0 Å². The number of aromatic hydroxyl groups is 1. The summed E-state index contributed by atoms with van der Waals surface area (Å²) in [5.41, 5.74) is 3.48. The predicted octanol–water partition coefficient (Wildman–Crippen LogP) is 5.19. The van der Waals surface area contributed by atoms with Crippen molar-refractivity contribution in [1.29, 1.82) is 0 Å². The van der Waals surface area contributed by atoms with Gasteiger partial charge in [0.1, 0.15) is 29.2 Å². The van der Waals surface area contributed by atoms with E-state index in [1.54, 1.807) is 47.4 Å². The molecule has 0 radical (unpaired) electrons. The molecule has 0 aliphatic carbocycles. The van der Waals surface area contributed by atoms with Crippen molar-refractivity contribution in [1.82, 2.24) is 29.1 Å². The van der Waals surface area contributed by atoms with Gasteiger partial charge in [-0.3, -0.25) is 4.57 Å². The van der Waals surface area contributed by atoms with Crippen molar-refractivity contribution in [2.24, 2.45) is 0 Å². The number of hydrogen-bond donors (Lipinski definition) is 1. The van der Waals surface area contributed by atoms with E-state index in [-0.39, 0.29) is 23.5 Å². The molecule has 1 atom stereocenters. The lowest BCUT2D eigenvalue weighted by Gasteiger charge is -2.28. The minimum absolute atomic E-state index is 0.0909. The zero-order chi connectivity index (χ0) is 25.1. The number of para-hydroxylation sites is 1. The van der Waals surface area contributed by atoms with Gasteiger partial charge in [-0.05, 0) is 30.3 Å². The van der Waals surface area contributed by atoms with Crippen LogP contribution < -0.4 is 4.74 Å². The summed E-state index contributed by atoms with van der Waals surface area (Å²) in [5, 5.41) is 10.2. The molecule has 3 aromatic heterocycles. The van der Waals surface area contributed by atoms with Gasteiger partial charge < -0.3 is 14.4 Å². The third-order valence-corrected chi connectivity index (χ3v) is 6.55. The molecule has 1 N–H and O–H groups in total. The van der Waals surface area contributed by atoms with Crippen LogP contribution in [-0.4, -0.2) is 40.8 Å². The molecule has 8 nitrogen and oxygen atoms in total. The van der Waals surface area contributed by atoms with E-state index in [9.17, 15) is 13.9 Å². The maximum atomic E-state index is 14.7. The zero-order valence-corrected chi connectivity index (χ0v) is 19.2. The lowest BCUT2D eigenvalue weighted by Crippen LogP contribution is -2.22. The van der Waals surface area contributed by atoms with Gasteiger partial charge in [-0.15, -0.1) is 0 Å². The Morgan fingerprint density at radius 2 is 1.84 bits per heavy atom. The van der Waals surface area contributed by atoms with Crippen LogP contribution in [0.25, 0.3) is 39.5 Å². The van der Waals surface area contributed by atoms with Crippen molar-refractivity contribution in [3.63, 3.8) is 0 Å². The van der Waals surface area contributed by atoms with Crippen molar-refractivity contribution in [2.75, 3.05) is 6.61 Å². The molecule has 4 heterocycles. The summed E-state index contributed by atoms with van der Waals surface area (Å²) in [4.78, 5) is 18.4. The van der Waals surface area contributed by atoms with E-state index in [2.05, 4.69) is 9.97 Å². The van der Waals surface area contributed by atoms with Crippen LogP contribution in [0, 0.1) is 11.6 Å². The van der Waals surface area contributed by atoms with Gasteiger partial charge in [-0.25, -0.2) is 23.7 Å². The maximum Gasteiger partial charge on any atom is 0.237 e. The number of phenolic OH excluding ortho intramolecular Hbond substituents is 1. The summed E-state index contributed by atoms with van der Waals surface area (Å²) in [5.74, 6) is 0.290. The van der Waals surface area contributed by atoms with Gasteiger partial charge in [0, 0.05) is 23.6 Å². The fourth-order valence-electron chi connectivity index (χ4n) is 4.92. The Balaban J connectivity index is 1.50. The smallest absolute Gasteiger partial charge is 0.237 e. The molecule has 0 saturated heterocycles. The van der Waals surface area contributed by atoms with Crippen LogP contribution in [-0.2, 0) is 0 Å². The van der Waals surface area contributed by atoms with Gasteiger partial charge in [-0.2, -0.15) is 4.98 Å². The average molecular weight is 496 g/mol. The number of benzene rings is 3. The monoisotopic (exact) mass is 496 g/mol. The van der Waals surface area contributed by atoms with Gasteiger partial charge in [0.25, 0.3) is 0 Å². The fraction of sp³-hybridized carbons (Fsp3) is 0.111. The molecule has 0 amide bonds. The highest BCUT2D eigenvalue weighted by atomic mass is 19.1. The van der Waals surface area contributed by atoms with Crippen LogP contribution in [0.1, 0.15) is 18.0 Å². The van der Waals surface area contributed by atoms with Crippen LogP contribution >= 0.6 is 0 Å². The second-order valence-electron chi connectivity index (χ2n) is 8.79. The molecule has 7 rings (SSSR count). The average Bonchev–Trinajstić information content (AvgIpc) is 3.49. The first kappa shape index (κ1) is 21.4. The Kier molecular flexibility index (Phi) is 4.68. The highest BCUT2D eigenvalue weighted by Crippen LogP contribution is 2.40. The standard InChI is InChI=1S/C27H18F2N6O2/c28-16-7-8-20-23(12-16)34(14-31-20)27-30-13-21-26(33-27)35(25(32-21)15-3-1-4-17(36)11-15)22-9-10-37-24-18(22)5-2-6-19(24)29/h1-8,11-14,22,36H,9-10H2/t22-/m1/s1. The van der Waals surface area contributed by atoms with Gasteiger partial charge in [0.05, 0.1) is 29.9 Å². The lowest BCUT2D eigenvalue weighted by molar-refractivity contribution is 0.246. The van der Waals surface area contributed by atoms with Gasteiger partial charge >= 0.3 is 0 Å². The molecule has 1 aliphatic heterocycles. The number of nitrogens with zero attached hydrogens (tertiary/aromatic N) is 6. The second-order valence-corrected chi connectivity index (χ2v) is 8.79. The van der Waals surface area contributed by atoms with Crippen molar-refractivity contribution < 1.29 is 18.6 Å². The van der Waals surface area contributed by atoms with Crippen molar-refractivity contribution in [3.8, 4) is 28.8 Å². The fourth-order valence-corrected chi connectivity index (χ4v) is 4.92. The number of phenols is 1. The molecule has 0 unspecified atom stereocenters. The minimum Gasteiger partial charge on any atom is -0.508 e. The number of fused-ring (bicyclic) bond motifs is 3. The molecular formula is C27H18F2N6O2. The number of hydrogen-bond acceptors (Lipinski definition) is 6. The van der Waals surface area contributed by atoms with Crippen molar-refractivity contribution in [2.45, 2.75) is 12.5 Å². The summed E-state index contributed by atoms with van der Waals surface area (Å²) in [6.07, 6.45) is 3.69. The Morgan fingerprint density at radius 1 is 0.946 bits per heavy atom. The first-order valence-corrected chi connectivity index (χ1v) is 11.7. The molecule has 0 saturated carbocycles. The third-order valence-electron chi connectivity index (χ3n) is 6.55. The van der Waals surface area contributed by atoms with E-state index in [1.165, 1.54) is 18.2 Å². The highest BCUT2D eigenvalue weighted by molar-refractivity contribution is 5.80. The van der Waals surface area contributed by atoms with E-state index in [4.69, 9.17) is 14.7 Å². The minimum atomic E-state index is -0.437. The SMILES string of the molecule is Oc1cccc(-c2nc3cnc(-n4cnc5ccc(F)cc54)nc3n2[C@@H]2CCOc3c(F)cccc32)c1. The van der Waals surface area contributed by atoms with E-state index >= 15 is 0 Å². The van der Waals surface area contributed by atoms with Crippen LogP contribution in [0.5, 0.6) is 11.5 Å². The van der Waals surface area contributed by atoms with E-state index in [1.807, 2.05) is 16.7 Å². The predicted molar refractivity (Wildman–Crippen MR) is 132 cm³/mol. The van der Waals surface area contributed by atoms with E-state index in [0.29, 0.717) is 52.2 Å². The zero-order valence-electron chi connectivity index (χ0n) is 19.2. The maximum absolute atomic E-state index is 14.7. The van der Waals surface area contributed by atoms with Gasteiger partial charge in [0.15, 0.2) is 17.2 Å². The van der Waals surface area contributed by atoms with E-state index < -0.39 is 11.6 Å². The molecule has 0 bridgehead atoms. The van der Waals surface area contributed by atoms with Gasteiger partial charge in [0.2, 0.25) is 5.95 Å². The number of ether oxygens (including phenoxy) is 1. The van der Waals surface area contributed by atoms with Gasteiger partial charge in [-0.1, -0.05) is 24.3 Å². The first-order chi connectivity index (χ1) is 18.1. The molecule has 0 spiro atoms. The van der Waals surface area contributed by atoms with E-state index in [0.717, 1.165) is 0 Å². The molecule has 10 heteroatoms. The number of aromatic nitrogens is 6. The molecule has 6 aromatic rings. The number of rotatable bonds is 3. The summed E-state index contributed by atoms with van der Waals surface area (Å²) in [6, 6.07) is 15.6. The number of imidazole rings is 2. The molecule has 1 aliphatic rings. The molecule has 37 heavy (non-hydrogen) atoms. The van der Waals surface area contributed by atoms with Crippen LogP contribution in [0.4, 0.5) is 8.78 Å². The summed E-state index contributed by atoms with van der Waals surface area (Å²) in [6.45, 7) is 0.307. The molecule has 3 aromatic carbocycles. The summed E-state index contributed by atoms with van der Waals surface area (Å²) < 4.78 is 37.9. The molecule has 0 fully saturated rings. The van der Waals surface area contributed by atoms with Crippen molar-refractivity contribution >= 4 is 22.2 Å². The Hall–Kier alpha value is -4.86.